The fourth-order valence-electron chi connectivity index (χ4n) is 4.24. The van der Waals surface area contributed by atoms with Gasteiger partial charge in [-0.1, -0.05) is 39.8 Å². The first-order chi connectivity index (χ1) is 22.7. The maximum absolute atomic E-state index is 13.5. The monoisotopic (exact) mass is 716 g/mol. The summed E-state index contributed by atoms with van der Waals surface area (Å²) in [6.07, 6.45) is -0.360. The largest absolute Gasteiger partial charge is 0.524 e. The number of nitrogens with one attached hydrogen (secondary N) is 5. The molecule has 0 radical (unpaired) electrons. The van der Waals surface area contributed by atoms with E-state index >= 15 is 0 Å². The Labute approximate surface area is 282 Å². The van der Waals surface area contributed by atoms with Gasteiger partial charge in [-0.3, -0.25) is 38.6 Å². The van der Waals surface area contributed by atoms with Gasteiger partial charge in [0.25, 0.3) is 5.91 Å². The highest BCUT2D eigenvalue weighted by Crippen LogP contribution is 2.37. The van der Waals surface area contributed by atoms with Gasteiger partial charge in [0.1, 0.15) is 42.8 Å². The zero-order valence-electron chi connectivity index (χ0n) is 27.9. The Bertz CT molecular complexity index is 1390. The zero-order valence-corrected chi connectivity index (χ0v) is 28.8. The Kier molecular flexibility index (Phi) is 17.0. The number of aliphatic hydroxyl groups excluding tert-OH is 1. The average Bonchev–Trinajstić information content (AvgIpc) is 3.00. The van der Waals surface area contributed by atoms with Crippen molar-refractivity contribution in [2.24, 2.45) is 17.6 Å². The first kappa shape index (κ1) is 42.6. The van der Waals surface area contributed by atoms with Crippen LogP contribution in [0.25, 0.3) is 0 Å². The van der Waals surface area contributed by atoms with Gasteiger partial charge >= 0.3 is 7.82 Å². The second-order valence-corrected chi connectivity index (χ2v) is 13.2. The van der Waals surface area contributed by atoms with Crippen molar-refractivity contribution in [1.82, 2.24) is 26.6 Å². The summed E-state index contributed by atoms with van der Waals surface area (Å²) in [5, 5.41) is 21.6. The molecule has 13 N–H and O–H groups in total. The molecule has 0 aliphatic carbocycles. The molecule has 1 rings (SSSR count). The van der Waals surface area contributed by atoms with Crippen LogP contribution in [0.5, 0.6) is 5.75 Å². The van der Waals surface area contributed by atoms with Crippen LogP contribution in [0.1, 0.15) is 46.6 Å². The Balaban J connectivity index is 3.26. The second-order valence-electron chi connectivity index (χ2n) is 12.0. The van der Waals surface area contributed by atoms with Gasteiger partial charge in [-0.2, -0.15) is 0 Å². The molecule has 0 fully saturated rings. The third-order valence-corrected chi connectivity index (χ3v) is 7.37. The maximum atomic E-state index is 13.5. The van der Waals surface area contributed by atoms with Crippen LogP contribution < -0.4 is 42.6 Å². The highest BCUT2D eigenvalue weighted by molar-refractivity contribution is 7.46. The molecule has 49 heavy (non-hydrogen) atoms. The minimum absolute atomic E-state index is 0.165. The van der Waals surface area contributed by atoms with Gasteiger partial charge in [0.15, 0.2) is 6.04 Å². The van der Waals surface area contributed by atoms with Crippen molar-refractivity contribution in [1.29, 1.82) is 0 Å². The van der Waals surface area contributed by atoms with E-state index in [4.69, 9.17) is 15.5 Å². The van der Waals surface area contributed by atoms with Crippen LogP contribution in [0.3, 0.4) is 0 Å². The molecule has 0 aliphatic heterocycles. The minimum atomic E-state index is -4.83. The summed E-state index contributed by atoms with van der Waals surface area (Å²) in [5.41, 5.74) is 9.23. The van der Waals surface area contributed by atoms with Gasteiger partial charge in [0.2, 0.25) is 29.5 Å². The number of benzene rings is 1. The fraction of sp³-hybridized carbons (Fsp3) is 0.552. The van der Waals surface area contributed by atoms with E-state index in [1.807, 2.05) is 0 Å². The van der Waals surface area contributed by atoms with E-state index in [-0.39, 0.29) is 12.2 Å². The van der Waals surface area contributed by atoms with Crippen LogP contribution in [-0.2, 0) is 44.5 Å². The van der Waals surface area contributed by atoms with Gasteiger partial charge in [0, 0.05) is 6.42 Å². The van der Waals surface area contributed by atoms with Crippen molar-refractivity contribution in [2.75, 3.05) is 6.61 Å². The molecular weight excluding hydrogens is 669 g/mol. The molecule has 19 nitrogen and oxygen atoms in total. The van der Waals surface area contributed by atoms with E-state index in [1.165, 1.54) is 31.2 Å². The number of aliphatic hydroxyl groups is 1. The summed E-state index contributed by atoms with van der Waals surface area (Å²) >= 11 is 0. The number of quaternary nitrogens is 1. The van der Waals surface area contributed by atoms with Gasteiger partial charge < -0.3 is 52.5 Å². The van der Waals surface area contributed by atoms with Gasteiger partial charge in [-0.05, 0) is 36.5 Å². The highest BCUT2D eigenvalue weighted by Gasteiger charge is 2.35. The molecule has 0 unspecified atom stereocenters. The Morgan fingerprint density at radius 1 is 0.796 bits per heavy atom. The van der Waals surface area contributed by atoms with Gasteiger partial charge in [-0.25, -0.2) is 4.57 Å². The second kappa shape index (κ2) is 19.5. The number of phosphoric acid groups is 1. The van der Waals surface area contributed by atoms with Crippen LogP contribution in [0.2, 0.25) is 0 Å². The summed E-state index contributed by atoms with van der Waals surface area (Å²) in [6.45, 7) is 7.20. The number of hydrogen-bond donors (Lipinski definition) is 10. The normalized spacial score (nSPS) is 15.1. The van der Waals surface area contributed by atoms with Crippen molar-refractivity contribution in [3.63, 3.8) is 0 Å². The molecular formula is C29H47N7O12P+. The number of aldehydes is 1. The maximum Gasteiger partial charge on any atom is 0.524 e. The summed E-state index contributed by atoms with van der Waals surface area (Å²) in [5.74, 6) is -6.38. The van der Waals surface area contributed by atoms with Gasteiger partial charge in [-0.15, -0.1) is 0 Å². The molecule has 6 amide bonds. The van der Waals surface area contributed by atoms with Crippen LogP contribution in [0.15, 0.2) is 24.3 Å². The number of carbonyl (C=O) groups is 7. The van der Waals surface area contributed by atoms with Gasteiger partial charge in [0.05, 0.1) is 12.5 Å². The van der Waals surface area contributed by atoms with E-state index in [9.17, 15) is 43.2 Å². The predicted molar refractivity (Wildman–Crippen MR) is 171 cm³/mol. The highest BCUT2D eigenvalue weighted by atomic mass is 31.2. The summed E-state index contributed by atoms with van der Waals surface area (Å²) in [4.78, 5) is 106. The standard InChI is InChI=1S/C29H46N7O12P/c1-14(2)23(28(43)32-16(5)12-37)35-27(42)21(11-22(31)39)34-29(44)24(15(3)4)36-26(41)20(33-25(40)19(30)13-38)10-17-6-8-18(9-7-17)48-49(45,46)47/h6-9,12,14-16,19-21,23-24,38H,10-11,13,30H2,1-5H3,(H2,31,39)(H,32,43)(H,33,40)(H,34,44)(H,35,42)(H,36,41)(H2,45,46,47)/p+1/t16-,19-,20-,21-,23-,24-/m0/s1. The van der Waals surface area contributed by atoms with E-state index < -0.39 is 104 Å². The minimum Gasteiger partial charge on any atom is -0.404 e. The molecule has 0 aliphatic rings. The van der Waals surface area contributed by atoms with Crippen LogP contribution in [-0.4, -0.2) is 99.5 Å². The number of hydrogen-bond acceptors (Lipinski definition) is 10. The summed E-state index contributed by atoms with van der Waals surface area (Å²) in [7, 11) is -4.83. The predicted octanol–water partition coefficient (Wildman–Crippen LogP) is -3.87. The smallest absolute Gasteiger partial charge is 0.404 e. The Morgan fingerprint density at radius 3 is 1.69 bits per heavy atom. The van der Waals surface area contributed by atoms with Crippen LogP contribution >= 0.6 is 7.82 Å². The van der Waals surface area contributed by atoms with E-state index in [0.29, 0.717) is 11.8 Å². The number of primary amides is 1. The summed E-state index contributed by atoms with van der Waals surface area (Å²) in [6, 6.07) is -2.17. The third kappa shape index (κ3) is 15.1. The lowest BCUT2D eigenvalue weighted by Gasteiger charge is -2.28. The van der Waals surface area contributed by atoms with Crippen molar-refractivity contribution in [2.45, 2.75) is 83.7 Å². The molecule has 0 saturated heterocycles. The van der Waals surface area contributed by atoms with Crippen LogP contribution in [0, 0.1) is 11.8 Å². The molecule has 6 atom stereocenters. The number of rotatable bonds is 20. The summed E-state index contributed by atoms with van der Waals surface area (Å²) < 4.78 is 15.6. The molecule has 0 spiro atoms. The number of amides is 6. The molecule has 274 valence electrons. The first-order valence-corrected chi connectivity index (χ1v) is 16.7. The van der Waals surface area contributed by atoms with E-state index in [0.717, 1.165) is 0 Å². The molecule has 0 bridgehead atoms. The Morgan fingerprint density at radius 2 is 1.27 bits per heavy atom. The number of phosphoric ester groups is 1. The Hall–Kier alpha value is -4.42. The SMILES string of the molecule is CC(C)[C@H](NC(=O)[C@H](Cc1ccc(OP(=O)(O)O)cc1)NC(=O)[C@@H]([NH3+])CO)C(=O)N[C@@H](CC(N)=O)C(=O)N[C@H](C(=O)N[C@@H](C)C=O)C(C)C. The molecule has 20 heteroatoms. The van der Waals surface area contributed by atoms with Crippen molar-refractivity contribution < 1.29 is 63.3 Å². The molecule has 1 aromatic rings. The average molecular weight is 717 g/mol. The molecule has 0 saturated carbocycles. The zero-order chi connectivity index (χ0) is 37.6. The lowest BCUT2D eigenvalue weighted by Crippen LogP contribution is -2.70. The number of nitrogens with two attached hydrogens (primary N) is 1. The van der Waals surface area contributed by atoms with E-state index in [2.05, 4.69) is 36.8 Å². The van der Waals surface area contributed by atoms with Crippen molar-refractivity contribution in [3.05, 3.63) is 29.8 Å². The number of carbonyl (C=O) groups excluding carboxylic acids is 7. The lowest BCUT2D eigenvalue weighted by molar-refractivity contribution is -0.409. The first-order valence-electron chi connectivity index (χ1n) is 15.2. The fourth-order valence-corrected chi connectivity index (χ4v) is 4.64. The molecule has 0 heterocycles. The van der Waals surface area contributed by atoms with E-state index in [1.54, 1.807) is 27.7 Å². The molecule has 1 aromatic carbocycles. The third-order valence-electron chi connectivity index (χ3n) is 6.92. The quantitative estimate of drug-likeness (QED) is 0.0458. The van der Waals surface area contributed by atoms with Crippen molar-refractivity contribution in [3.8, 4) is 5.75 Å². The lowest BCUT2D eigenvalue weighted by atomic mass is 9.99. The topological polar surface area (TPSA) is 320 Å². The van der Waals surface area contributed by atoms with Crippen molar-refractivity contribution >= 4 is 49.6 Å². The van der Waals surface area contributed by atoms with Crippen LogP contribution in [0.4, 0.5) is 0 Å². The molecule has 0 aromatic heterocycles.